The van der Waals surface area contributed by atoms with Crippen molar-refractivity contribution in [2.24, 2.45) is 0 Å². The lowest BCUT2D eigenvalue weighted by molar-refractivity contribution is -0.116. The maximum Gasteiger partial charge on any atom is 0.272 e. The van der Waals surface area contributed by atoms with Crippen LogP contribution in [0.3, 0.4) is 0 Å². The summed E-state index contributed by atoms with van der Waals surface area (Å²) < 4.78 is 6.22. The minimum atomic E-state index is -0.608. The van der Waals surface area contributed by atoms with Gasteiger partial charge in [-0.15, -0.1) is 11.8 Å². The number of nitrogens with zero attached hydrogens (tertiary/aromatic N) is 1. The number of carbonyl (C=O) groups is 3. The van der Waals surface area contributed by atoms with Crippen molar-refractivity contribution >= 4 is 79.3 Å². The van der Waals surface area contributed by atoms with Crippen molar-refractivity contribution in [2.75, 3.05) is 17.7 Å². The molecule has 0 aliphatic carbocycles. The van der Waals surface area contributed by atoms with Crippen LogP contribution in [0.1, 0.15) is 26.7 Å². The summed E-state index contributed by atoms with van der Waals surface area (Å²) in [6.07, 6.45) is 1.64. The number of hydrogen-bond acceptors (Lipinski definition) is 8. The molecule has 0 bridgehead atoms. The molecule has 0 fully saturated rings. The number of fused-ring (bicyclic) bond motifs is 1. The van der Waals surface area contributed by atoms with Gasteiger partial charge in [0.05, 0.1) is 17.3 Å². The van der Waals surface area contributed by atoms with Gasteiger partial charge < -0.3 is 20.7 Å². The molecule has 3 amide bonds. The van der Waals surface area contributed by atoms with Crippen LogP contribution in [0.5, 0.6) is 5.75 Å². The summed E-state index contributed by atoms with van der Waals surface area (Å²) in [6, 6.07) is 32.9. The Balaban J connectivity index is 1.21. The summed E-state index contributed by atoms with van der Waals surface area (Å²) in [5, 5.41) is 12.3. The van der Waals surface area contributed by atoms with Crippen LogP contribution in [0.15, 0.2) is 131 Å². The van der Waals surface area contributed by atoms with Crippen molar-refractivity contribution in [3.05, 3.63) is 142 Å². The van der Waals surface area contributed by atoms with Gasteiger partial charge in [-0.1, -0.05) is 65.9 Å². The molecule has 0 saturated heterocycles. The fraction of sp³-hybridized carbons (Fsp3) is 0.0556. The lowest BCUT2D eigenvalue weighted by Crippen LogP contribution is -2.30. The Morgan fingerprint density at radius 2 is 1.66 bits per heavy atom. The van der Waals surface area contributed by atoms with E-state index in [-0.39, 0.29) is 11.6 Å². The molecule has 3 N–H and O–H groups in total. The SMILES string of the molecule is COc1ccc2nc(NC(=O)C(Sc3cccc(NC(=O)/C(=C/c4ccsc4)NC(=O)c4ccccc4)c3)c3ccccc3)sc2c1. The summed E-state index contributed by atoms with van der Waals surface area (Å²) in [5.74, 6) is -0.384. The van der Waals surface area contributed by atoms with E-state index in [1.54, 1.807) is 49.6 Å². The highest BCUT2D eigenvalue weighted by Gasteiger charge is 2.24. The number of aromatic nitrogens is 1. The largest absolute Gasteiger partial charge is 0.497 e. The number of hydrogen-bond donors (Lipinski definition) is 3. The number of thioether (sulfide) groups is 1. The van der Waals surface area contributed by atoms with Gasteiger partial charge in [0.2, 0.25) is 5.91 Å². The van der Waals surface area contributed by atoms with E-state index >= 15 is 0 Å². The Morgan fingerprint density at radius 3 is 2.40 bits per heavy atom. The molecular weight excluding hydrogens is 649 g/mol. The zero-order valence-electron chi connectivity index (χ0n) is 25.0. The Hall–Kier alpha value is -5.23. The first-order chi connectivity index (χ1) is 22.9. The maximum absolute atomic E-state index is 13.7. The molecule has 2 aromatic heterocycles. The van der Waals surface area contributed by atoms with Crippen LogP contribution < -0.4 is 20.7 Å². The number of ether oxygens (including phenoxy) is 1. The van der Waals surface area contributed by atoms with Crippen molar-refractivity contribution in [1.29, 1.82) is 0 Å². The average molecular weight is 677 g/mol. The van der Waals surface area contributed by atoms with E-state index in [1.807, 2.05) is 83.6 Å². The van der Waals surface area contributed by atoms with Crippen LogP contribution in [0, 0.1) is 0 Å². The monoisotopic (exact) mass is 676 g/mol. The summed E-state index contributed by atoms with van der Waals surface area (Å²) >= 11 is 4.22. The lowest BCUT2D eigenvalue weighted by atomic mass is 10.1. The summed E-state index contributed by atoms with van der Waals surface area (Å²) in [5.41, 5.74) is 3.43. The van der Waals surface area contributed by atoms with Crippen molar-refractivity contribution < 1.29 is 19.1 Å². The highest BCUT2D eigenvalue weighted by Crippen LogP contribution is 2.38. The van der Waals surface area contributed by atoms with Crippen LogP contribution in [0.4, 0.5) is 10.8 Å². The smallest absolute Gasteiger partial charge is 0.272 e. The zero-order valence-corrected chi connectivity index (χ0v) is 27.5. The van der Waals surface area contributed by atoms with Crippen LogP contribution in [-0.4, -0.2) is 29.8 Å². The highest BCUT2D eigenvalue weighted by molar-refractivity contribution is 8.00. The predicted molar refractivity (Wildman–Crippen MR) is 191 cm³/mol. The van der Waals surface area contributed by atoms with Crippen molar-refractivity contribution in [1.82, 2.24) is 10.3 Å². The van der Waals surface area contributed by atoms with E-state index in [1.165, 1.54) is 34.4 Å². The van der Waals surface area contributed by atoms with E-state index in [4.69, 9.17) is 4.74 Å². The molecule has 1 unspecified atom stereocenters. The van der Waals surface area contributed by atoms with Gasteiger partial charge in [0, 0.05) is 16.1 Å². The van der Waals surface area contributed by atoms with Gasteiger partial charge in [0.15, 0.2) is 5.13 Å². The molecule has 0 radical (unpaired) electrons. The Kier molecular flexibility index (Phi) is 10.1. The Labute approximate surface area is 283 Å². The Bertz CT molecular complexity index is 2050. The molecule has 0 aliphatic rings. The third-order valence-electron chi connectivity index (χ3n) is 6.90. The molecule has 234 valence electrons. The number of rotatable bonds is 11. The molecule has 8 nitrogen and oxygen atoms in total. The topological polar surface area (TPSA) is 109 Å². The minimum absolute atomic E-state index is 0.102. The van der Waals surface area contributed by atoms with Gasteiger partial charge in [0.25, 0.3) is 11.8 Å². The number of carbonyl (C=O) groups excluding carboxylic acids is 3. The fourth-order valence-electron chi connectivity index (χ4n) is 4.60. The van der Waals surface area contributed by atoms with Gasteiger partial charge >= 0.3 is 0 Å². The molecule has 11 heteroatoms. The molecular formula is C36H28N4O4S3. The summed E-state index contributed by atoms with van der Waals surface area (Å²) in [6.45, 7) is 0. The molecule has 1 atom stereocenters. The number of amides is 3. The quantitative estimate of drug-likeness (QED) is 0.0942. The normalized spacial score (nSPS) is 11.9. The van der Waals surface area contributed by atoms with Crippen LogP contribution in [0.2, 0.25) is 0 Å². The number of methoxy groups -OCH3 is 1. The fourth-order valence-corrected chi connectivity index (χ4v) is 7.20. The van der Waals surface area contributed by atoms with E-state index in [2.05, 4.69) is 20.9 Å². The number of anilines is 2. The molecule has 4 aromatic carbocycles. The van der Waals surface area contributed by atoms with Crippen LogP contribution >= 0.6 is 34.4 Å². The lowest BCUT2D eigenvalue weighted by Gasteiger charge is -2.17. The molecule has 47 heavy (non-hydrogen) atoms. The number of thiophene rings is 1. The number of nitrogens with one attached hydrogen (secondary N) is 3. The number of benzene rings is 4. The number of thiazole rings is 1. The van der Waals surface area contributed by atoms with Crippen LogP contribution in [0.25, 0.3) is 16.3 Å². The van der Waals surface area contributed by atoms with E-state index in [0.29, 0.717) is 16.4 Å². The maximum atomic E-state index is 13.7. The molecule has 6 aromatic rings. The van der Waals surface area contributed by atoms with Gasteiger partial charge in [-0.2, -0.15) is 11.3 Å². The zero-order chi connectivity index (χ0) is 32.6. The second kappa shape index (κ2) is 14.9. The van der Waals surface area contributed by atoms with Gasteiger partial charge in [-0.3, -0.25) is 14.4 Å². The third kappa shape index (κ3) is 8.14. The first kappa shape index (κ1) is 31.7. The predicted octanol–water partition coefficient (Wildman–Crippen LogP) is 8.25. The van der Waals surface area contributed by atoms with Crippen LogP contribution in [-0.2, 0) is 9.59 Å². The molecule has 0 aliphatic heterocycles. The molecule has 0 saturated carbocycles. The van der Waals surface area contributed by atoms with Crippen molar-refractivity contribution in [3.8, 4) is 5.75 Å². The third-order valence-corrected chi connectivity index (χ3v) is 9.78. The summed E-state index contributed by atoms with van der Waals surface area (Å²) in [4.78, 5) is 45.5. The minimum Gasteiger partial charge on any atom is -0.497 e. The van der Waals surface area contributed by atoms with Gasteiger partial charge in [0.1, 0.15) is 16.7 Å². The molecule has 2 heterocycles. The van der Waals surface area contributed by atoms with Gasteiger partial charge in [-0.05, 0) is 82.6 Å². The first-order valence-corrected chi connectivity index (χ1v) is 17.1. The molecule has 0 spiro atoms. The van der Waals surface area contributed by atoms with E-state index < -0.39 is 17.1 Å². The first-order valence-electron chi connectivity index (χ1n) is 14.4. The van der Waals surface area contributed by atoms with E-state index in [0.717, 1.165) is 32.0 Å². The Morgan fingerprint density at radius 1 is 0.872 bits per heavy atom. The van der Waals surface area contributed by atoms with Crippen molar-refractivity contribution in [2.45, 2.75) is 10.1 Å². The standard InChI is InChI=1S/C36H28N4O4S3/c1-44-27-15-16-29-31(21-27)47-36(39-29)40-35(43)32(24-9-4-2-5-10-24)46-28-14-8-13-26(20-28)37-34(42)30(19-23-17-18-45-22-23)38-33(41)25-11-6-3-7-12-25/h2-22,32H,1H3,(H,37,42)(H,38,41)(H,39,40,43)/b30-19-. The highest BCUT2D eigenvalue weighted by atomic mass is 32.2. The summed E-state index contributed by atoms with van der Waals surface area (Å²) in [7, 11) is 1.61. The second-order valence-corrected chi connectivity index (χ2v) is 13.2. The molecule has 6 rings (SSSR count). The van der Waals surface area contributed by atoms with Crippen molar-refractivity contribution in [3.63, 3.8) is 0 Å². The second-order valence-electron chi connectivity index (χ2n) is 10.2. The van der Waals surface area contributed by atoms with Gasteiger partial charge in [-0.25, -0.2) is 4.98 Å². The van der Waals surface area contributed by atoms with E-state index in [9.17, 15) is 14.4 Å². The average Bonchev–Trinajstić information content (AvgIpc) is 3.77.